The molecule has 0 aliphatic carbocycles. The molecule has 8 heteroatoms. The van der Waals surface area contributed by atoms with Gasteiger partial charge in [-0.3, -0.25) is 14.4 Å². The van der Waals surface area contributed by atoms with E-state index in [2.05, 4.69) is 15.5 Å². The number of anilines is 2. The van der Waals surface area contributed by atoms with E-state index < -0.39 is 0 Å². The zero-order valence-electron chi connectivity index (χ0n) is 13.4. The maximum atomic E-state index is 12.5. The highest BCUT2D eigenvalue weighted by Crippen LogP contribution is 2.28. The summed E-state index contributed by atoms with van der Waals surface area (Å²) in [7, 11) is 0. The van der Waals surface area contributed by atoms with Crippen LogP contribution in [0.5, 0.6) is 0 Å². The van der Waals surface area contributed by atoms with Gasteiger partial charge < -0.3 is 5.32 Å². The molecular formula is C18H12N4O3S. The lowest BCUT2D eigenvalue weighted by atomic mass is 10.1. The fraction of sp³-hybridized carbons (Fsp3) is 0.0556. The van der Waals surface area contributed by atoms with Crippen LogP contribution in [0.1, 0.15) is 26.3 Å². The van der Waals surface area contributed by atoms with Gasteiger partial charge in [0.2, 0.25) is 11.0 Å². The van der Waals surface area contributed by atoms with Gasteiger partial charge in [-0.25, -0.2) is 4.90 Å². The zero-order chi connectivity index (χ0) is 18.1. The highest BCUT2D eigenvalue weighted by molar-refractivity contribution is 7.13. The number of carbonyl (C=O) groups excluding carboxylic acids is 3. The fourth-order valence-corrected chi connectivity index (χ4v) is 3.22. The first-order valence-corrected chi connectivity index (χ1v) is 8.64. The molecule has 7 nitrogen and oxygen atoms in total. The number of amides is 3. The first-order chi connectivity index (χ1) is 12.6. The summed E-state index contributed by atoms with van der Waals surface area (Å²) in [6.45, 7) is 0. The summed E-state index contributed by atoms with van der Waals surface area (Å²) in [5, 5.41) is 10.5. The first kappa shape index (κ1) is 16.1. The van der Waals surface area contributed by atoms with Crippen LogP contribution in [0.15, 0.2) is 54.0 Å². The van der Waals surface area contributed by atoms with Crippen molar-refractivity contribution in [2.45, 2.75) is 6.42 Å². The molecule has 2 aromatic carbocycles. The molecule has 0 saturated carbocycles. The van der Waals surface area contributed by atoms with Crippen LogP contribution in [0.3, 0.4) is 0 Å². The van der Waals surface area contributed by atoms with Crippen molar-refractivity contribution >= 4 is 39.9 Å². The highest BCUT2D eigenvalue weighted by Gasteiger charge is 2.36. The van der Waals surface area contributed by atoms with Gasteiger partial charge in [0.05, 0.1) is 23.2 Å². The quantitative estimate of drug-likeness (QED) is 0.718. The lowest BCUT2D eigenvalue weighted by Crippen LogP contribution is -2.29. The van der Waals surface area contributed by atoms with Crippen molar-refractivity contribution in [1.29, 1.82) is 0 Å². The molecule has 128 valence electrons. The largest absolute Gasteiger partial charge is 0.300 e. The second-order valence-electron chi connectivity index (χ2n) is 5.63. The average molecular weight is 364 g/mol. The van der Waals surface area contributed by atoms with Crippen LogP contribution in [-0.4, -0.2) is 27.9 Å². The van der Waals surface area contributed by atoms with Crippen molar-refractivity contribution in [3.05, 3.63) is 70.7 Å². The molecule has 1 aliphatic heterocycles. The number of aromatic nitrogens is 2. The number of nitrogens with zero attached hydrogens (tertiary/aromatic N) is 3. The number of benzene rings is 2. The van der Waals surface area contributed by atoms with E-state index in [4.69, 9.17) is 0 Å². The number of imide groups is 1. The third-order valence-electron chi connectivity index (χ3n) is 3.96. The Morgan fingerprint density at radius 3 is 2.23 bits per heavy atom. The van der Waals surface area contributed by atoms with E-state index in [1.165, 1.54) is 16.8 Å². The molecule has 0 saturated heterocycles. The third-order valence-corrected chi connectivity index (χ3v) is 4.57. The minimum absolute atomic E-state index is 0.155. The minimum atomic E-state index is -0.340. The van der Waals surface area contributed by atoms with E-state index in [-0.39, 0.29) is 24.1 Å². The second kappa shape index (κ2) is 6.49. The van der Waals surface area contributed by atoms with Crippen LogP contribution in [0.4, 0.5) is 10.8 Å². The summed E-state index contributed by atoms with van der Waals surface area (Å²) < 4.78 is 0. The van der Waals surface area contributed by atoms with Gasteiger partial charge in [-0.1, -0.05) is 35.6 Å². The van der Waals surface area contributed by atoms with Crippen molar-refractivity contribution < 1.29 is 14.4 Å². The molecule has 1 aromatic heterocycles. The molecule has 0 spiro atoms. The molecule has 3 aromatic rings. The molecule has 0 fully saturated rings. The number of hydrogen-bond acceptors (Lipinski definition) is 6. The molecule has 3 amide bonds. The van der Waals surface area contributed by atoms with Gasteiger partial charge in [0.1, 0.15) is 5.51 Å². The number of carbonyl (C=O) groups is 3. The molecule has 0 unspecified atom stereocenters. The van der Waals surface area contributed by atoms with E-state index in [9.17, 15) is 14.4 Å². The SMILES string of the molecule is O=C(Cc1ccc(N2C(=O)c3ccccc3C2=O)cc1)Nc1nncs1. The van der Waals surface area contributed by atoms with Crippen LogP contribution < -0.4 is 10.2 Å². The Hall–Kier alpha value is -3.39. The Balaban J connectivity index is 1.49. The molecule has 2 heterocycles. The van der Waals surface area contributed by atoms with Crippen molar-refractivity contribution in [1.82, 2.24) is 10.2 Å². The van der Waals surface area contributed by atoms with E-state index >= 15 is 0 Å². The lowest BCUT2D eigenvalue weighted by Gasteiger charge is -2.14. The van der Waals surface area contributed by atoms with Gasteiger partial charge in [0, 0.05) is 0 Å². The number of fused-ring (bicyclic) bond motifs is 1. The van der Waals surface area contributed by atoms with Crippen LogP contribution >= 0.6 is 11.3 Å². The van der Waals surface area contributed by atoms with Crippen molar-refractivity contribution in [2.75, 3.05) is 10.2 Å². The molecule has 26 heavy (non-hydrogen) atoms. The Bertz CT molecular complexity index is 965. The third kappa shape index (κ3) is 2.86. The van der Waals surface area contributed by atoms with Gasteiger partial charge in [-0.05, 0) is 29.8 Å². The smallest absolute Gasteiger partial charge is 0.266 e. The number of hydrogen-bond donors (Lipinski definition) is 1. The van der Waals surface area contributed by atoms with E-state index in [1.54, 1.807) is 48.5 Å². The average Bonchev–Trinajstić information content (AvgIpc) is 3.24. The van der Waals surface area contributed by atoms with Crippen molar-refractivity contribution in [3.8, 4) is 0 Å². The van der Waals surface area contributed by atoms with E-state index in [0.717, 1.165) is 10.5 Å². The molecule has 4 rings (SSSR count). The normalized spacial score (nSPS) is 13.0. The van der Waals surface area contributed by atoms with Crippen molar-refractivity contribution in [3.63, 3.8) is 0 Å². The van der Waals surface area contributed by atoms with Gasteiger partial charge in [-0.2, -0.15) is 0 Å². The maximum absolute atomic E-state index is 12.5. The lowest BCUT2D eigenvalue weighted by molar-refractivity contribution is -0.115. The van der Waals surface area contributed by atoms with Crippen LogP contribution in [-0.2, 0) is 11.2 Å². The molecule has 0 bridgehead atoms. The summed E-state index contributed by atoms with van der Waals surface area (Å²) in [5.41, 5.74) is 3.57. The number of rotatable bonds is 4. The summed E-state index contributed by atoms with van der Waals surface area (Å²) in [5.74, 6) is -0.894. The van der Waals surface area contributed by atoms with Gasteiger partial charge in [0.25, 0.3) is 11.8 Å². The van der Waals surface area contributed by atoms with Crippen LogP contribution in [0, 0.1) is 0 Å². The summed E-state index contributed by atoms with van der Waals surface area (Å²) >= 11 is 1.24. The predicted molar refractivity (Wildman–Crippen MR) is 96.3 cm³/mol. The monoisotopic (exact) mass is 364 g/mol. The zero-order valence-corrected chi connectivity index (χ0v) is 14.2. The van der Waals surface area contributed by atoms with Crippen LogP contribution in [0.2, 0.25) is 0 Å². The predicted octanol–water partition coefficient (Wildman–Crippen LogP) is 2.52. The van der Waals surface area contributed by atoms with Gasteiger partial charge >= 0.3 is 0 Å². The van der Waals surface area contributed by atoms with E-state index in [1.807, 2.05) is 0 Å². The Labute approximate surface area is 152 Å². The summed E-state index contributed by atoms with van der Waals surface area (Å²) in [6.07, 6.45) is 0.155. The minimum Gasteiger partial charge on any atom is -0.300 e. The first-order valence-electron chi connectivity index (χ1n) is 7.76. The van der Waals surface area contributed by atoms with E-state index in [0.29, 0.717) is 21.9 Å². The summed E-state index contributed by atoms with van der Waals surface area (Å²) in [4.78, 5) is 38.1. The Kier molecular flexibility index (Phi) is 4.02. The van der Waals surface area contributed by atoms with Crippen LogP contribution in [0.25, 0.3) is 0 Å². The fourth-order valence-electron chi connectivity index (χ4n) is 2.76. The molecular weight excluding hydrogens is 352 g/mol. The van der Waals surface area contributed by atoms with Gasteiger partial charge in [0.15, 0.2) is 0 Å². The number of nitrogens with one attached hydrogen (secondary N) is 1. The Morgan fingerprint density at radius 1 is 1.00 bits per heavy atom. The summed E-state index contributed by atoms with van der Waals surface area (Å²) in [6, 6.07) is 13.5. The molecule has 0 atom stereocenters. The topological polar surface area (TPSA) is 92.3 Å². The molecule has 1 aliphatic rings. The maximum Gasteiger partial charge on any atom is 0.266 e. The molecule has 1 N–H and O–H groups in total. The second-order valence-corrected chi connectivity index (χ2v) is 6.46. The highest BCUT2D eigenvalue weighted by atomic mass is 32.1. The standard InChI is InChI=1S/C18H12N4O3S/c23-15(20-18-21-19-10-26-18)9-11-5-7-12(8-6-11)22-16(24)13-3-1-2-4-14(13)17(22)25/h1-8,10H,9H2,(H,20,21,23). The molecule has 0 radical (unpaired) electrons. The van der Waals surface area contributed by atoms with Crippen molar-refractivity contribution in [2.24, 2.45) is 0 Å². The van der Waals surface area contributed by atoms with Gasteiger partial charge in [-0.15, -0.1) is 10.2 Å². The Morgan fingerprint density at radius 2 is 1.65 bits per heavy atom.